The normalized spacial score (nSPS) is 12.4. The Hall–Kier alpha value is -1.07. The molecule has 0 aliphatic heterocycles. The van der Waals surface area contributed by atoms with Gasteiger partial charge in [-0.1, -0.05) is 12.1 Å². The van der Waals surface area contributed by atoms with Crippen molar-refractivity contribution in [2.75, 3.05) is 5.75 Å². The van der Waals surface area contributed by atoms with Crippen molar-refractivity contribution < 1.29 is 14.3 Å². The lowest BCUT2D eigenvalue weighted by atomic mass is 10.3. The van der Waals surface area contributed by atoms with Gasteiger partial charge < -0.3 is 10.8 Å². The lowest BCUT2D eigenvalue weighted by Gasteiger charge is -2.06. The molecule has 0 aromatic heterocycles. The van der Waals surface area contributed by atoms with Crippen LogP contribution in [0.15, 0.2) is 29.2 Å². The van der Waals surface area contributed by atoms with Crippen LogP contribution in [0.4, 0.5) is 4.39 Å². The largest absolute Gasteiger partial charge is 0.480 e. The summed E-state index contributed by atoms with van der Waals surface area (Å²) in [5.41, 5.74) is 5.27. The summed E-state index contributed by atoms with van der Waals surface area (Å²) in [6.07, 6.45) is 0. The molecule has 1 aromatic rings. The molecule has 0 radical (unpaired) electrons. The van der Waals surface area contributed by atoms with E-state index in [1.165, 1.54) is 6.07 Å². The van der Waals surface area contributed by atoms with Crippen LogP contribution in [0, 0.1) is 5.82 Å². The molecule has 0 heterocycles. The van der Waals surface area contributed by atoms with E-state index in [1.807, 2.05) is 0 Å². The molecule has 1 rings (SSSR count). The highest BCUT2D eigenvalue weighted by molar-refractivity contribution is 7.99. The van der Waals surface area contributed by atoms with Crippen molar-refractivity contribution in [1.29, 1.82) is 0 Å². The fourth-order valence-corrected chi connectivity index (χ4v) is 1.70. The summed E-state index contributed by atoms with van der Waals surface area (Å²) >= 11 is 1.10. The number of rotatable bonds is 4. The molecule has 14 heavy (non-hydrogen) atoms. The van der Waals surface area contributed by atoms with Crippen LogP contribution in [0.3, 0.4) is 0 Å². The first-order chi connectivity index (χ1) is 6.61. The van der Waals surface area contributed by atoms with Crippen molar-refractivity contribution in [3.05, 3.63) is 30.1 Å². The summed E-state index contributed by atoms with van der Waals surface area (Å²) in [7, 11) is 0. The number of hydrogen-bond donors (Lipinski definition) is 2. The number of carboxylic acid groups (broad SMARTS) is 1. The maximum atomic E-state index is 13.0. The monoisotopic (exact) mass is 215 g/mol. The van der Waals surface area contributed by atoms with Crippen LogP contribution in [-0.2, 0) is 4.79 Å². The Morgan fingerprint density at radius 3 is 2.79 bits per heavy atom. The fraction of sp³-hybridized carbons (Fsp3) is 0.222. The maximum Gasteiger partial charge on any atom is 0.321 e. The summed E-state index contributed by atoms with van der Waals surface area (Å²) in [6.45, 7) is 0. The van der Waals surface area contributed by atoms with E-state index in [0.29, 0.717) is 4.90 Å². The minimum atomic E-state index is -1.08. The molecule has 0 saturated carbocycles. The van der Waals surface area contributed by atoms with Crippen molar-refractivity contribution in [2.24, 2.45) is 5.73 Å². The summed E-state index contributed by atoms with van der Waals surface area (Å²) in [5.74, 6) is -1.26. The van der Waals surface area contributed by atoms with E-state index in [4.69, 9.17) is 10.8 Å². The second-order valence-corrected chi connectivity index (χ2v) is 3.75. The Kier molecular flexibility index (Phi) is 3.91. The van der Waals surface area contributed by atoms with Gasteiger partial charge in [0.1, 0.15) is 11.9 Å². The first-order valence-electron chi connectivity index (χ1n) is 3.97. The molecule has 1 unspecified atom stereocenters. The Bertz CT molecular complexity index is 332. The quantitative estimate of drug-likeness (QED) is 0.744. The molecule has 1 aromatic carbocycles. The second-order valence-electron chi connectivity index (χ2n) is 2.69. The molecule has 0 spiro atoms. The lowest BCUT2D eigenvalue weighted by Crippen LogP contribution is -2.32. The molecule has 3 nitrogen and oxygen atoms in total. The standard InChI is InChI=1S/C9H10FNO2S/c10-6-3-1-2-4-8(6)14-5-7(11)9(12)13/h1-4,7H,5,11H2,(H,12,13). The van der Waals surface area contributed by atoms with Crippen LogP contribution in [0.1, 0.15) is 0 Å². The van der Waals surface area contributed by atoms with Gasteiger partial charge in [0.05, 0.1) is 0 Å². The van der Waals surface area contributed by atoms with Crippen molar-refractivity contribution in [2.45, 2.75) is 10.9 Å². The zero-order chi connectivity index (χ0) is 10.6. The van der Waals surface area contributed by atoms with Crippen LogP contribution < -0.4 is 5.73 Å². The Morgan fingerprint density at radius 1 is 1.57 bits per heavy atom. The molecule has 0 saturated heterocycles. The predicted octanol–water partition coefficient (Wildman–Crippen LogP) is 1.33. The Labute approximate surface area is 85.1 Å². The molecule has 5 heteroatoms. The number of benzene rings is 1. The van der Waals surface area contributed by atoms with Crippen molar-refractivity contribution in [3.63, 3.8) is 0 Å². The third kappa shape index (κ3) is 3.01. The molecule has 0 aliphatic rings. The van der Waals surface area contributed by atoms with Gasteiger partial charge >= 0.3 is 5.97 Å². The fourth-order valence-electron chi connectivity index (χ4n) is 0.813. The molecule has 0 bridgehead atoms. The van der Waals surface area contributed by atoms with Crippen molar-refractivity contribution >= 4 is 17.7 Å². The van der Waals surface area contributed by atoms with Gasteiger partial charge in [0.2, 0.25) is 0 Å². The van der Waals surface area contributed by atoms with Crippen LogP contribution in [0.2, 0.25) is 0 Å². The summed E-state index contributed by atoms with van der Waals surface area (Å²) < 4.78 is 13.0. The first kappa shape index (κ1) is 11.0. The topological polar surface area (TPSA) is 63.3 Å². The molecule has 0 fully saturated rings. The van der Waals surface area contributed by atoms with Crippen molar-refractivity contribution in [1.82, 2.24) is 0 Å². The van der Waals surface area contributed by atoms with Crippen LogP contribution in [-0.4, -0.2) is 22.9 Å². The van der Waals surface area contributed by atoms with Gasteiger partial charge in [0.25, 0.3) is 0 Å². The SMILES string of the molecule is NC(CSc1ccccc1F)C(=O)O. The number of thioether (sulfide) groups is 1. The van der Waals surface area contributed by atoms with E-state index in [0.717, 1.165) is 11.8 Å². The average Bonchev–Trinajstić information content (AvgIpc) is 2.16. The number of carboxylic acids is 1. The molecule has 0 amide bonds. The van der Waals surface area contributed by atoms with E-state index in [9.17, 15) is 9.18 Å². The number of hydrogen-bond acceptors (Lipinski definition) is 3. The molecular formula is C9H10FNO2S. The van der Waals surface area contributed by atoms with E-state index in [1.54, 1.807) is 18.2 Å². The van der Waals surface area contributed by atoms with E-state index in [-0.39, 0.29) is 11.6 Å². The first-order valence-corrected chi connectivity index (χ1v) is 4.95. The van der Waals surface area contributed by atoms with Crippen LogP contribution >= 0.6 is 11.8 Å². The van der Waals surface area contributed by atoms with Gasteiger partial charge in [0.15, 0.2) is 0 Å². The molecule has 3 N–H and O–H groups in total. The van der Waals surface area contributed by atoms with Crippen LogP contribution in [0.25, 0.3) is 0 Å². The minimum absolute atomic E-state index is 0.163. The summed E-state index contributed by atoms with van der Waals surface area (Å²) in [4.78, 5) is 10.8. The highest BCUT2D eigenvalue weighted by atomic mass is 32.2. The van der Waals surface area contributed by atoms with Gasteiger partial charge in [0, 0.05) is 10.6 Å². The van der Waals surface area contributed by atoms with E-state index >= 15 is 0 Å². The van der Waals surface area contributed by atoms with Gasteiger partial charge in [-0.25, -0.2) is 4.39 Å². The van der Waals surface area contributed by atoms with Crippen molar-refractivity contribution in [3.8, 4) is 0 Å². The lowest BCUT2D eigenvalue weighted by molar-refractivity contribution is -0.137. The zero-order valence-corrected chi connectivity index (χ0v) is 8.13. The van der Waals surface area contributed by atoms with Gasteiger partial charge in [-0.2, -0.15) is 0 Å². The van der Waals surface area contributed by atoms with E-state index in [2.05, 4.69) is 0 Å². The minimum Gasteiger partial charge on any atom is -0.480 e. The molecule has 1 atom stereocenters. The highest BCUT2D eigenvalue weighted by Crippen LogP contribution is 2.21. The Balaban J connectivity index is 2.54. The molecule has 76 valence electrons. The smallest absolute Gasteiger partial charge is 0.321 e. The second kappa shape index (κ2) is 4.97. The maximum absolute atomic E-state index is 13.0. The predicted molar refractivity (Wildman–Crippen MR) is 52.7 cm³/mol. The number of carbonyl (C=O) groups is 1. The van der Waals surface area contributed by atoms with Gasteiger partial charge in [-0.3, -0.25) is 4.79 Å². The highest BCUT2D eigenvalue weighted by Gasteiger charge is 2.12. The van der Waals surface area contributed by atoms with Gasteiger partial charge in [-0.15, -0.1) is 11.8 Å². The zero-order valence-electron chi connectivity index (χ0n) is 7.31. The van der Waals surface area contributed by atoms with Crippen LogP contribution in [0.5, 0.6) is 0 Å². The number of nitrogens with two attached hydrogens (primary N) is 1. The van der Waals surface area contributed by atoms with E-state index < -0.39 is 12.0 Å². The number of halogens is 1. The molecular weight excluding hydrogens is 205 g/mol. The average molecular weight is 215 g/mol. The van der Waals surface area contributed by atoms with Gasteiger partial charge in [-0.05, 0) is 12.1 Å². The summed E-state index contributed by atoms with van der Waals surface area (Å²) in [5, 5.41) is 8.50. The Morgan fingerprint density at radius 2 is 2.21 bits per heavy atom. The third-order valence-corrected chi connectivity index (χ3v) is 2.74. The molecule has 0 aliphatic carbocycles. The summed E-state index contributed by atoms with van der Waals surface area (Å²) in [6, 6.07) is 5.23. The number of aliphatic carboxylic acids is 1. The third-order valence-electron chi connectivity index (χ3n) is 1.57.